The molecule has 0 aromatic heterocycles. The van der Waals surface area contributed by atoms with E-state index >= 15 is 0 Å². The molecule has 0 aliphatic rings. The van der Waals surface area contributed by atoms with E-state index in [4.69, 9.17) is 5.11 Å². The van der Waals surface area contributed by atoms with Crippen molar-refractivity contribution in [1.82, 2.24) is 0 Å². The number of nitrogens with zero attached hydrogens (tertiary/aromatic N) is 1. The Balaban J connectivity index is 2.88. The molecule has 0 bridgehead atoms. The van der Waals surface area contributed by atoms with Crippen LogP contribution in [0.3, 0.4) is 0 Å². The minimum absolute atomic E-state index is 0.00340. The van der Waals surface area contributed by atoms with Crippen LogP contribution in [0.25, 0.3) is 0 Å². The van der Waals surface area contributed by atoms with Crippen LogP contribution in [0.4, 0.5) is 11.4 Å². The molecule has 6 heteroatoms. The summed E-state index contributed by atoms with van der Waals surface area (Å²) in [4.78, 5) is 10.0. The monoisotopic (exact) mass is 274 g/mol. The second kappa shape index (κ2) is 5.09. The molecule has 1 aromatic carbocycles. The van der Waals surface area contributed by atoms with E-state index in [1.807, 2.05) is 6.92 Å². The first-order chi connectivity index (χ1) is 7.04. The Morgan fingerprint density at radius 3 is 2.80 bits per heavy atom. The highest BCUT2D eigenvalue weighted by Crippen LogP contribution is 2.27. The van der Waals surface area contributed by atoms with E-state index in [0.717, 1.165) is 5.69 Å². The van der Waals surface area contributed by atoms with Crippen LogP contribution in [0.15, 0.2) is 22.7 Å². The van der Waals surface area contributed by atoms with Crippen LogP contribution >= 0.6 is 15.9 Å². The van der Waals surface area contributed by atoms with Crippen molar-refractivity contribution in [2.24, 2.45) is 0 Å². The highest BCUT2D eigenvalue weighted by Gasteiger charge is 2.10. The lowest BCUT2D eigenvalue weighted by molar-refractivity contribution is -0.384. The molecule has 1 rings (SSSR count). The van der Waals surface area contributed by atoms with Crippen molar-refractivity contribution >= 4 is 27.3 Å². The van der Waals surface area contributed by atoms with E-state index in [-0.39, 0.29) is 18.3 Å². The summed E-state index contributed by atoms with van der Waals surface area (Å²) in [5.41, 5.74) is 0.756. The Morgan fingerprint density at radius 2 is 2.33 bits per heavy atom. The largest absolute Gasteiger partial charge is 0.394 e. The lowest BCUT2D eigenvalue weighted by Crippen LogP contribution is -2.19. The lowest BCUT2D eigenvalue weighted by Gasteiger charge is -2.13. The number of non-ortho nitro benzene ring substituents is 1. The van der Waals surface area contributed by atoms with E-state index < -0.39 is 4.92 Å². The summed E-state index contributed by atoms with van der Waals surface area (Å²) in [6, 6.07) is 4.35. The zero-order valence-corrected chi connectivity index (χ0v) is 9.69. The number of hydrogen-bond donors (Lipinski definition) is 2. The number of nitro groups is 1. The summed E-state index contributed by atoms with van der Waals surface area (Å²) in [7, 11) is 0. The maximum Gasteiger partial charge on any atom is 0.270 e. The van der Waals surface area contributed by atoms with Crippen molar-refractivity contribution in [3.8, 4) is 0 Å². The average Bonchev–Trinajstić information content (AvgIpc) is 2.20. The van der Waals surface area contributed by atoms with Gasteiger partial charge in [0.25, 0.3) is 5.69 Å². The quantitative estimate of drug-likeness (QED) is 0.652. The molecule has 0 heterocycles. The standard InChI is InChI=1S/C9H11BrN2O3/c1-6(5-13)11-9-3-2-7(12(14)15)4-8(9)10/h2-4,6,11,13H,5H2,1H3. The van der Waals surface area contributed by atoms with E-state index in [2.05, 4.69) is 21.2 Å². The number of hydrogen-bond acceptors (Lipinski definition) is 4. The molecule has 5 nitrogen and oxygen atoms in total. The van der Waals surface area contributed by atoms with E-state index in [1.54, 1.807) is 6.07 Å². The van der Waals surface area contributed by atoms with Gasteiger partial charge in [-0.25, -0.2) is 0 Å². The predicted octanol–water partition coefficient (Wildman–Crippen LogP) is 2.15. The number of halogens is 1. The van der Waals surface area contributed by atoms with Gasteiger partial charge >= 0.3 is 0 Å². The van der Waals surface area contributed by atoms with Crippen LogP contribution in [0.2, 0.25) is 0 Å². The molecule has 0 amide bonds. The zero-order valence-electron chi connectivity index (χ0n) is 8.11. The lowest BCUT2D eigenvalue weighted by atomic mass is 10.2. The second-order valence-electron chi connectivity index (χ2n) is 3.15. The van der Waals surface area contributed by atoms with Gasteiger partial charge in [0.1, 0.15) is 0 Å². The van der Waals surface area contributed by atoms with Crippen molar-refractivity contribution in [3.63, 3.8) is 0 Å². The Labute approximate surface area is 95.4 Å². The zero-order chi connectivity index (χ0) is 11.4. The van der Waals surface area contributed by atoms with E-state index in [0.29, 0.717) is 4.47 Å². The molecule has 0 saturated carbocycles. The number of aliphatic hydroxyl groups is 1. The number of rotatable bonds is 4. The number of anilines is 1. The first kappa shape index (κ1) is 11.9. The van der Waals surface area contributed by atoms with Gasteiger partial charge in [0.15, 0.2) is 0 Å². The molecule has 2 N–H and O–H groups in total. The van der Waals surface area contributed by atoms with Crippen molar-refractivity contribution < 1.29 is 10.0 Å². The van der Waals surface area contributed by atoms with Gasteiger partial charge in [0, 0.05) is 28.3 Å². The molecule has 1 aromatic rings. The fourth-order valence-electron chi connectivity index (χ4n) is 1.05. The van der Waals surface area contributed by atoms with Crippen LogP contribution in [0.1, 0.15) is 6.92 Å². The normalized spacial score (nSPS) is 12.2. The third-order valence-corrected chi connectivity index (χ3v) is 2.50. The minimum atomic E-state index is -0.454. The molecule has 0 spiro atoms. The van der Waals surface area contributed by atoms with Gasteiger partial charge in [-0.05, 0) is 28.9 Å². The molecule has 82 valence electrons. The number of benzene rings is 1. The number of nitrogens with one attached hydrogen (secondary N) is 1. The molecule has 0 radical (unpaired) electrons. The Morgan fingerprint density at radius 1 is 1.67 bits per heavy atom. The summed E-state index contributed by atoms with van der Waals surface area (Å²) >= 11 is 3.22. The van der Waals surface area contributed by atoms with Crippen LogP contribution in [-0.4, -0.2) is 22.7 Å². The molecule has 0 saturated heterocycles. The molecule has 0 aliphatic carbocycles. The van der Waals surface area contributed by atoms with Crippen molar-refractivity contribution in [3.05, 3.63) is 32.8 Å². The van der Waals surface area contributed by atoms with Crippen molar-refractivity contribution in [1.29, 1.82) is 0 Å². The highest BCUT2D eigenvalue weighted by molar-refractivity contribution is 9.10. The van der Waals surface area contributed by atoms with Crippen molar-refractivity contribution in [2.75, 3.05) is 11.9 Å². The van der Waals surface area contributed by atoms with Crippen molar-refractivity contribution in [2.45, 2.75) is 13.0 Å². The molecule has 1 atom stereocenters. The summed E-state index contributed by atoms with van der Waals surface area (Å²) in [5.74, 6) is 0. The van der Waals surface area contributed by atoms with E-state index in [1.165, 1.54) is 12.1 Å². The van der Waals surface area contributed by atoms with Crippen LogP contribution in [0.5, 0.6) is 0 Å². The van der Waals surface area contributed by atoms with Gasteiger partial charge < -0.3 is 10.4 Å². The first-order valence-electron chi connectivity index (χ1n) is 4.36. The van der Waals surface area contributed by atoms with Gasteiger partial charge in [-0.1, -0.05) is 0 Å². The third-order valence-electron chi connectivity index (χ3n) is 1.84. The summed E-state index contributed by atoms with van der Waals surface area (Å²) in [6.07, 6.45) is 0. The Hall–Kier alpha value is -1.14. The molecular formula is C9H11BrN2O3. The molecule has 0 fully saturated rings. The third kappa shape index (κ3) is 3.17. The molecular weight excluding hydrogens is 264 g/mol. The topological polar surface area (TPSA) is 75.4 Å². The molecule has 15 heavy (non-hydrogen) atoms. The van der Waals surface area contributed by atoms with Crippen LogP contribution in [0, 0.1) is 10.1 Å². The second-order valence-corrected chi connectivity index (χ2v) is 4.00. The summed E-state index contributed by atoms with van der Waals surface area (Å²) < 4.78 is 0.608. The molecule has 0 aliphatic heterocycles. The van der Waals surface area contributed by atoms with Crippen LogP contribution in [-0.2, 0) is 0 Å². The smallest absolute Gasteiger partial charge is 0.270 e. The number of aliphatic hydroxyl groups excluding tert-OH is 1. The van der Waals surface area contributed by atoms with Gasteiger partial charge in [-0.3, -0.25) is 10.1 Å². The van der Waals surface area contributed by atoms with Gasteiger partial charge in [0.05, 0.1) is 11.5 Å². The Bertz CT molecular complexity index is 370. The van der Waals surface area contributed by atoms with E-state index in [9.17, 15) is 10.1 Å². The van der Waals surface area contributed by atoms with Gasteiger partial charge in [0.2, 0.25) is 0 Å². The predicted molar refractivity (Wildman–Crippen MR) is 61.0 cm³/mol. The summed E-state index contributed by atoms with van der Waals surface area (Å²) in [6.45, 7) is 1.82. The highest BCUT2D eigenvalue weighted by atomic mass is 79.9. The number of nitro benzene ring substituents is 1. The summed E-state index contributed by atoms with van der Waals surface area (Å²) in [5, 5.41) is 22.3. The van der Waals surface area contributed by atoms with Gasteiger partial charge in [-0.2, -0.15) is 0 Å². The van der Waals surface area contributed by atoms with Crippen LogP contribution < -0.4 is 5.32 Å². The SMILES string of the molecule is CC(CO)Nc1ccc([N+](=O)[O-])cc1Br. The fourth-order valence-corrected chi connectivity index (χ4v) is 1.53. The fraction of sp³-hybridized carbons (Fsp3) is 0.333. The maximum absolute atomic E-state index is 10.5. The van der Waals surface area contributed by atoms with Gasteiger partial charge in [-0.15, -0.1) is 0 Å². The first-order valence-corrected chi connectivity index (χ1v) is 5.15. The molecule has 1 unspecified atom stereocenters. The minimum Gasteiger partial charge on any atom is -0.394 e. The Kier molecular flexibility index (Phi) is 4.05. The maximum atomic E-state index is 10.5. The average molecular weight is 275 g/mol.